The number of halogens is 2. The Balaban J connectivity index is 1.67. The highest BCUT2D eigenvalue weighted by Gasteiger charge is 2.20. The number of hydrogen-bond acceptors (Lipinski definition) is 5. The van der Waals surface area contributed by atoms with Crippen molar-refractivity contribution in [3.05, 3.63) is 70.8 Å². The van der Waals surface area contributed by atoms with E-state index in [1.165, 1.54) is 18.2 Å². The van der Waals surface area contributed by atoms with Crippen molar-refractivity contribution in [2.24, 2.45) is 0 Å². The average Bonchev–Trinajstić information content (AvgIpc) is 3.09. The number of ether oxygens (including phenoxy) is 1. The highest BCUT2D eigenvalue weighted by molar-refractivity contribution is 6.31. The van der Waals surface area contributed by atoms with Gasteiger partial charge in [-0.1, -0.05) is 35.9 Å². The zero-order valence-corrected chi connectivity index (χ0v) is 14.0. The SMILES string of the molecule is C[C@H](OC(=O)Cc1c(F)cccc1Cl)c1nnc(-c2ccccc2)o1. The number of nitrogens with zero attached hydrogens (tertiary/aromatic N) is 2. The summed E-state index contributed by atoms with van der Waals surface area (Å²) in [7, 11) is 0. The van der Waals surface area contributed by atoms with E-state index in [4.69, 9.17) is 20.8 Å². The third-order valence-corrected chi connectivity index (χ3v) is 3.85. The van der Waals surface area contributed by atoms with Crippen LogP contribution in [-0.2, 0) is 16.0 Å². The van der Waals surface area contributed by atoms with E-state index in [-0.39, 0.29) is 22.9 Å². The molecule has 0 aliphatic heterocycles. The van der Waals surface area contributed by atoms with Gasteiger partial charge < -0.3 is 9.15 Å². The van der Waals surface area contributed by atoms with Crippen LogP contribution in [0.2, 0.25) is 5.02 Å². The zero-order valence-electron chi connectivity index (χ0n) is 13.3. The van der Waals surface area contributed by atoms with Crippen LogP contribution in [0.1, 0.15) is 24.5 Å². The molecule has 1 aromatic heterocycles. The third kappa shape index (κ3) is 4.03. The van der Waals surface area contributed by atoms with Crippen molar-refractivity contribution in [3.8, 4) is 11.5 Å². The molecule has 3 rings (SSSR count). The van der Waals surface area contributed by atoms with E-state index >= 15 is 0 Å². The van der Waals surface area contributed by atoms with Crippen LogP contribution in [0, 0.1) is 5.82 Å². The molecule has 0 saturated carbocycles. The van der Waals surface area contributed by atoms with Crippen LogP contribution in [0.5, 0.6) is 0 Å². The molecular weight excluding hydrogens is 347 g/mol. The molecule has 0 aliphatic carbocycles. The van der Waals surface area contributed by atoms with Gasteiger partial charge in [-0.25, -0.2) is 4.39 Å². The van der Waals surface area contributed by atoms with Gasteiger partial charge in [0.1, 0.15) is 5.82 Å². The number of hydrogen-bond donors (Lipinski definition) is 0. The average molecular weight is 361 g/mol. The molecule has 0 unspecified atom stereocenters. The molecule has 2 aromatic carbocycles. The molecule has 0 aliphatic rings. The van der Waals surface area contributed by atoms with E-state index in [2.05, 4.69) is 10.2 Å². The Hall–Kier alpha value is -2.73. The standard InChI is InChI=1S/C18H14ClFN2O3/c1-11(17-21-22-18(25-17)12-6-3-2-4-7-12)24-16(23)10-13-14(19)8-5-9-15(13)20/h2-9,11H,10H2,1H3/t11-/m0/s1. The largest absolute Gasteiger partial charge is 0.452 e. The van der Waals surface area contributed by atoms with Gasteiger partial charge in [0.05, 0.1) is 6.42 Å². The lowest BCUT2D eigenvalue weighted by Crippen LogP contribution is -2.13. The maximum atomic E-state index is 13.7. The molecule has 7 heteroatoms. The molecule has 1 atom stereocenters. The van der Waals surface area contributed by atoms with Crippen molar-refractivity contribution in [1.82, 2.24) is 10.2 Å². The lowest BCUT2D eigenvalue weighted by molar-refractivity contribution is -0.148. The molecule has 128 valence electrons. The smallest absolute Gasteiger partial charge is 0.311 e. The maximum Gasteiger partial charge on any atom is 0.311 e. The summed E-state index contributed by atoms with van der Waals surface area (Å²) >= 11 is 5.91. The van der Waals surface area contributed by atoms with Gasteiger partial charge in [-0.2, -0.15) is 0 Å². The van der Waals surface area contributed by atoms with Gasteiger partial charge in [-0.3, -0.25) is 4.79 Å². The minimum Gasteiger partial charge on any atom is -0.452 e. The third-order valence-electron chi connectivity index (χ3n) is 3.50. The van der Waals surface area contributed by atoms with Gasteiger partial charge in [0.15, 0.2) is 6.10 Å². The molecule has 3 aromatic rings. The van der Waals surface area contributed by atoms with Crippen molar-refractivity contribution in [2.75, 3.05) is 0 Å². The first-order chi connectivity index (χ1) is 12.0. The van der Waals surface area contributed by atoms with E-state index in [1.54, 1.807) is 6.92 Å². The lowest BCUT2D eigenvalue weighted by atomic mass is 10.1. The summed E-state index contributed by atoms with van der Waals surface area (Å²) in [5.74, 6) is -0.706. The molecule has 0 N–H and O–H groups in total. The molecule has 1 heterocycles. The lowest BCUT2D eigenvalue weighted by Gasteiger charge is -2.10. The fourth-order valence-electron chi connectivity index (χ4n) is 2.23. The Kier molecular flexibility index (Phi) is 5.09. The fraction of sp³-hybridized carbons (Fsp3) is 0.167. The van der Waals surface area contributed by atoms with Crippen molar-refractivity contribution in [2.45, 2.75) is 19.4 Å². The normalized spacial score (nSPS) is 12.0. The molecule has 0 bridgehead atoms. The van der Waals surface area contributed by atoms with E-state index in [1.807, 2.05) is 30.3 Å². The number of esters is 1. The van der Waals surface area contributed by atoms with E-state index in [0.29, 0.717) is 5.89 Å². The molecule has 0 fully saturated rings. The minimum absolute atomic E-state index is 0.0943. The maximum absolute atomic E-state index is 13.7. The van der Waals surface area contributed by atoms with Gasteiger partial charge in [-0.05, 0) is 31.2 Å². The first-order valence-corrected chi connectivity index (χ1v) is 7.93. The van der Waals surface area contributed by atoms with Crippen LogP contribution >= 0.6 is 11.6 Å². The Morgan fingerprint density at radius 1 is 1.20 bits per heavy atom. The molecule has 0 spiro atoms. The van der Waals surface area contributed by atoms with Gasteiger partial charge >= 0.3 is 5.97 Å². The fourth-order valence-corrected chi connectivity index (χ4v) is 2.46. The summed E-state index contributed by atoms with van der Waals surface area (Å²) in [6, 6.07) is 13.4. The summed E-state index contributed by atoms with van der Waals surface area (Å²) in [5.41, 5.74) is 0.856. The summed E-state index contributed by atoms with van der Waals surface area (Å²) < 4.78 is 24.5. The zero-order chi connectivity index (χ0) is 17.8. The topological polar surface area (TPSA) is 65.2 Å². The highest BCUT2D eigenvalue weighted by atomic mass is 35.5. The Labute approximate surface area is 148 Å². The van der Waals surface area contributed by atoms with Crippen LogP contribution < -0.4 is 0 Å². The number of benzene rings is 2. The summed E-state index contributed by atoms with van der Waals surface area (Å²) in [6.07, 6.45) is -1.04. The molecular formula is C18H14ClFN2O3. The molecule has 0 radical (unpaired) electrons. The number of aromatic nitrogens is 2. The minimum atomic E-state index is -0.761. The van der Waals surface area contributed by atoms with Crippen LogP contribution in [-0.4, -0.2) is 16.2 Å². The number of carbonyl (C=O) groups is 1. The van der Waals surface area contributed by atoms with Crippen LogP contribution in [0.15, 0.2) is 52.9 Å². The Bertz CT molecular complexity index is 863. The van der Waals surface area contributed by atoms with Crippen LogP contribution in [0.4, 0.5) is 4.39 Å². The van der Waals surface area contributed by atoms with Crippen molar-refractivity contribution in [3.63, 3.8) is 0 Å². The quantitative estimate of drug-likeness (QED) is 0.632. The Morgan fingerprint density at radius 3 is 2.68 bits per heavy atom. The van der Waals surface area contributed by atoms with Crippen LogP contribution in [0.25, 0.3) is 11.5 Å². The summed E-state index contributed by atoms with van der Waals surface area (Å²) in [4.78, 5) is 12.0. The monoisotopic (exact) mass is 360 g/mol. The molecule has 0 amide bonds. The molecule has 25 heavy (non-hydrogen) atoms. The molecule has 0 saturated heterocycles. The van der Waals surface area contributed by atoms with Gasteiger partial charge in [0.25, 0.3) is 5.89 Å². The number of carbonyl (C=O) groups excluding carboxylic acids is 1. The van der Waals surface area contributed by atoms with Crippen molar-refractivity contribution >= 4 is 17.6 Å². The van der Waals surface area contributed by atoms with Crippen LogP contribution in [0.3, 0.4) is 0 Å². The van der Waals surface area contributed by atoms with E-state index < -0.39 is 17.9 Å². The summed E-state index contributed by atoms with van der Waals surface area (Å²) in [6.45, 7) is 1.60. The first-order valence-electron chi connectivity index (χ1n) is 7.56. The van der Waals surface area contributed by atoms with Gasteiger partial charge in [0.2, 0.25) is 5.89 Å². The van der Waals surface area contributed by atoms with Crippen molar-refractivity contribution in [1.29, 1.82) is 0 Å². The number of rotatable bonds is 5. The second kappa shape index (κ2) is 7.44. The molecule has 5 nitrogen and oxygen atoms in total. The van der Waals surface area contributed by atoms with Crippen molar-refractivity contribution < 1.29 is 18.3 Å². The Morgan fingerprint density at radius 2 is 1.96 bits per heavy atom. The van der Waals surface area contributed by atoms with Gasteiger partial charge in [-0.15, -0.1) is 10.2 Å². The summed E-state index contributed by atoms with van der Waals surface area (Å²) in [5, 5.41) is 8.01. The first kappa shape index (κ1) is 17.1. The second-order valence-electron chi connectivity index (χ2n) is 5.32. The van der Waals surface area contributed by atoms with Gasteiger partial charge in [0, 0.05) is 16.1 Å². The predicted octanol–water partition coefficient (Wildman–Crippen LogP) is 4.38. The highest BCUT2D eigenvalue weighted by Crippen LogP contribution is 2.24. The predicted molar refractivity (Wildman–Crippen MR) is 89.4 cm³/mol. The van der Waals surface area contributed by atoms with E-state index in [0.717, 1.165) is 5.56 Å². The van der Waals surface area contributed by atoms with E-state index in [9.17, 15) is 9.18 Å². The second-order valence-corrected chi connectivity index (χ2v) is 5.73.